The molecule has 0 aliphatic carbocycles. The van der Waals surface area contributed by atoms with Gasteiger partial charge < -0.3 is 5.32 Å². The summed E-state index contributed by atoms with van der Waals surface area (Å²) in [6.45, 7) is 7.56. The van der Waals surface area contributed by atoms with Crippen molar-refractivity contribution in [2.24, 2.45) is 0 Å². The third-order valence-corrected chi connectivity index (χ3v) is 4.85. The molecule has 1 aromatic rings. The first-order valence-electron chi connectivity index (χ1n) is 6.84. The van der Waals surface area contributed by atoms with Gasteiger partial charge in [0, 0.05) is 24.6 Å². The Hall–Kier alpha value is -0.880. The first-order chi connectivity index (χ1) is 8.90. The monoisotopic (exact) mass is 287 g/mol. The zero-order valence-corrected chi connectivity index (χ0v) is 13.1. The Kier molecular flexibility index (Phi) is 6.00. The maximum atomic E-state index is 11.8. The van der Waals surface area contributed by atoms with E-state index in [0.717, 1.165) is 31.5 Å². The second-order valence-electron chi connectivity index (χ2n) is 5.00. The van der Waals surface area contributed by atoms with Crippen molar-refractivity contribution >= 4 is 9.84 Å². The van der Waals surface area contributed by atoms with Crippen LogP contribution in [0.5, 0.6) is 0 Å². The van der Waals surface area contributed by atoms with Crippen molar-refractivity contribution in [2.75, 3.05) is 12.8 Å². The third kappa shape index (κ3) is 4.62. The van der Waals surface area contributed by atoms with E-state index in [1.165, 1.54) is 6.26 Å². The molecule has 0 aliphatic rings. The number of aryl methyl sites for hydroxylation is 1. The molecular weight excluding hydrogens is 262 g/mol. The highest BCUT2D eigenvalue weighted by Crippen LogP contribution is 2.21. The summed E-state index contributed by atoms with van der Waals surface area (Å²) < 4.78 is 25.4. The molecule has 0 fully saturated rings. The van der Waals surface area contributed by atoms with Crippen molar-refractivity contribution < 1.29 is 8.42 Å². The molecule has 0 aromatic carbocycles. The Morgan fingerprint density at radius 1 is 1.37 bits per heavy atom. The Labute approximate surface area is 116 Å². The predicted molar refractivity (Wildman–Crippen MR) is 77.9 cm³/mol. The normalized spacial score (nSPS) is 15.4. The Bertz CT molecular complexity index is 482. The number of hydrogen-bond donors (Lipinski definition) is 1. The predicted octanol–water partition coefficient (Wildman–Crippen LogP) is 1.77. The van der Waals surface area contributed by atoms with Crippen LogP contribution in [0.15, 0.2) is 12.4 Å². The molecule has 0 amide bonds. The molecule has 0 saturated carbocycles. The highest BCUT2D eigenvalue weighted by Gasteiger charge is 2.27. The first-order valence-corrected chi connectivity index (χ1v) is 8.80. The van der Waals surface area contributed by atoms with E-state index in [1.807, 2.05) is 10.9 Å². The first kappa shape index (κ1) is 16.2. The van der Waals surface area contributed by atoms with Crippen molar-refractivity contribution in [3.05, 3.63) is 18.0 Å². The van der Waals surface area contributed by atoms with Crippen molar-refractivity contribution in [1.82, 2.24) is 15.1 Å². The van der Waals surface area contributed by atoms with Crippen molar-refractivity contribution in [3.63, 3.8) is 0 Å². The number of rotatable bonds is 8. The molecule has 5 nitrogen and oxygen atoms in total. The number of aromatic nitrogens is 2. The molecule has 0 saturated heterocycles. The minimum absolute atomic E-state index is 0.194. The van der Waals surface area contributed by atoms with E-state index in [-0.39, 0.29) is 6.04 Å². The molecule has 2 atom stereocenters. The van der Waals surface area contributed by atoms with Crippen LogP contribution in [0.1, 0.15) is 45.2 Å². The van der Waals surface area contributed by atoms with Gasteiger partial charge in [0.25, 0.3) is 0 Å². The summed E-state index contributed by atoms with van der Waals surface area (Å²) in [5.74, 6) is 0. The van der Waals surface area contributed by atoms with E-state index in [0.29, 0.717) is 0 Å². The number of nitrogens with zero attached hydrogens (tertiary/aromatic N) is 2. The van der Waals surface area contributed by atoms with Gasteiger partial charge >= 0.3 is 0 Å². The van der Waals surface area contributed by atoms with Gasteiger partial charge in [-0.3, -0.25) is 4.68 Å². The van der Waals surface area contributed by atoms with Crippen LogP contribution < -0.4 is 5.32 Å². The van der Waals surface area contributed by atoms with Gasteiger partial charge in [0.05, 0.1) is 17.5 Å². The molecule has 0 spiro atoms. The molecule has 0 radical (unpaired) electrons. The fourth-order valence-electron chi connectivity index (χ4n) is 1.99. The minimum atomic E-state index is -3.08. The van der Waals surface area contributed by atoms with Crippen molar-refractivity contribution in [1.29, 1.82) is 0 Å². The smallest absolute Gasteiger partial charge is 0.151 e. The zero-order valence-electron chi connectivity index (χ0n) is 12.3. The van der Waals surface area contributed by atoms with Gasteiger partial charge in [0.2, 0.25) is 0 Å². The van der Waals surface area contributed by atoms with E-state index >= 15 is 0 Å². The van der Waals surface area contributed by atoms with E-state index in [9.17, 15) is 8.42 Å². The summed E-state index contributed by atoms with van der Waals surface area (Å²) in [6.07, 6.45) is 6.98. The standard InChI is InChI=1S/C13H25N3O2S/c1-5-7-14-13(11(3)19(4,17)18)12-9-15-16(10-12)8-6-2/h9-11,13-14H,5-8H2,1-4H3. The number of sulfone groups is 1. The van der Waals surface area contributed by atoms with Gasteiger partial charge in [0.15, 0.2) is 9.84 Å². The second kappa shape index (κ2) is 7.05. The molecule has 19 heavy (non-hydrogen) atoms. The maximum Gasteiger partial charge on any atom is 0.151 e. The summed E-state index contributed by atoms with van der Waals surface area (Å²) in [7, 11) is -3.08. The molecule has 0 bridgehead atoms. The topological polar surface area (TPSA) is 64.0 Å². The third-order valence-electron chi connectivity index (χ3n) is 3.22. The molecule has 6 heteroatoms. The second-order valence-corrected chi connectivity index (χ2v) is 7.41. The van der Waals surface area contributed by atoms with Crippen LogP contribution >= 0.6 is 0 Å². The molecule has 1 rings (SSSR count). The summed E-state index contributed by atoms with van der Waals surface area (Å²) in [5, 5.41) is 7.14. The maximum absolute atomic E-state index is 11.8. The Balaban J connectivity index is 2.94. The highest BCUT2D eigenvalue weighted by atomic mass is 32.2. The van der Waals surface area contributed by atoms with Crippen LogP contribution in [-0.2, 0) is 16.4 Å². The summed E-state index contributed by atoms with van der Waals surface area (Å²) in [4.78, 5) is 0. The fraction of sp³-hybridized carbons (Fsp3) is 0.769. The number of nitrogens with one attached hydrogen (secondary N) is 1. The van der Waals surface area contributed by atoms with Crippen LogP contribution in [0.3, 0.4) is 0 Å². The largest absolute Gasteiger partial charge is 0.309 e. The quantitative estimate of drug-likeness (QED) is 0.791. The Morgan fingerprint density at radius 3 is 2.58 bits per heavy atom. The zero-order chi connectivity index (χ0) is 14.5. The molecule has 1 N–H and O–H groups in total. The fourth-order valence-corrected chi connectivity index (χ4v) is 2.74. The molecule has 1 heterocycles. The van der Waals surface area contributed by atoms with Crippen LogP contribution in [0, 0.1) is 0 Å². The Morgan fingerprint density at radius 2 is 2.05 bits per heavy atom. The van der Waals surface area contributed by atoms with Gasteiger partial charge in [-0.2, -0.15) is 5.10 Å². The average Bonchev–Trinajstić information content (AvgIpc) is 2.77. The van der Waals surface area contributed by atoms with Crippen molar-refractivity contribution in [3.8, 4) is 0 Å². The van der Waals surface area contributed by atoms with Crippen LogP contribution in [0.25, 0.3) is 0 Å². The van der Waals surface area contributed by atoms with Crippen LogP contribution in [0.2, 0.25) is 0 Å². The van der Waals surface area contributed by atoms with E-state index in [1.54, 1.807) is 13.1 Å². The van der Waals surface area contributed by atoms with E-state index in [2.05, 4.69) is 24.3 Å². The number of hydrogen-bond acceptors (Lipinski definition) is 4. The average molecular weight is 287 g/mol. The molecule has 0 aliphatic heterocycles. The summed E-state index contributed by atoms with van der Waals surface area (Å²) in [5.41, 5.74) is 0.944. The van der Waals surface area contributed by atoms with E-state index < -0.39 is 15.1 Å². The highest BCUT2D eigenvalue weighted by molar-refractivity contribution is 7.91. The van der Waals surface area contributed by atoms with Gasteiger partial charge in [-0.1, -0.05) is 13.8 Å². The lowest BCUT2D eigenvalue weighted by molar-refractivity contribution is 0.499. The molecule has 2 unspecified atom stereocenters. The van der Waals surface area contributed by atoms with Crippen molar-refractivity contribution in [2.45, 2.75) is 51.4 Å². The lowest BCUT2D eigenvalue weighted by Crippen LogP contribution is -2.35. The lowest BCUT2D eigenvalue weighted by Gasteiger charge is -2.22. The molecule has 110 valence electrons. The van der Waals surface area contributed by atoms with Gasteiger partial charge in [-0.05, 0) is 26.3 Å². The lowest BCUT2D eigenvalue weighted by atomic mass is 10.1. The van der Waals surface area contributed by atoms with Gasteiger partial charge in [0.1, 0.15) is 0 Å². The molecular formula is C13H25N3O2S. The summed E-state index contributed by atoms with van der Waals surface area (Å²) in [6, 6.07) is -0.194. The van der Waals surface area contributed by atoms with Gasteiger partial charge in [-0.15, -0.1) is 0 Å². The minimum Gasteiger partial charge on any atom is -0.309 e. The van der Waals surface area contributed by atoms with E-state index in [4.69, 9.17) is 0 Å². The molecule has 1 aromatic heterocycles. The van der Waals surface area contributed by atoms with Gasteiger partial charge in [-0.25, -0.2) is 8.42 Å². The van der Waals surface area contributed by atoms with Crippen LogP contribution in [-0.4, -0.2) is 36.2 Å². The SMILES string of the molecule is CCCNC(c1cnn(CCC)c1)C(C)S(C)(=O)=O. The summed E-state index contributed by atoms with van der Waals surface area (Å²) >= 11 is 0. The van der Waals surface area contributed by atoms with Crippen LogP contribution in [0.4, 0.5) is 0 Å².